The maximum Gasteiger partial charge on any atom is 0.189 e. The lowest BCUT2D eigenvalue weighted by Gasteiger charge is -2.27. The van der Waals surface area contributed by atoms with Gasteiger partial charge in [-0.15, -0.1) is 0 Å². The SMILES string of the molecule is O=CC=C1C=CC=CC1[P+](Cl)(c1ccccc1)c1ccccc1. The highest BCUT2D eigenvalue weighted by Gasteiger charge is 2.50. The van der Waals surface area contributed by atoms with Crippen molar-refractivity contribution in [3.8, 4) is 0 Å². The summed E-state index contributed by atoms with van der Waals surface area (Å²) in [6, 6.07) is 20.4. The quantitative estimate of drug-likeness (QED) is 0.457. The molecule has 0 radical (unpaired) electrons. The van der Waals surface area contributed by atoms with Crippen LogP contribution in [0.3, 0.4) is 0 Å². The van der Waals surface area contributed by atoms with Crippen LogP contribution in [0.2, 0.25) is 0 Å². The summed E-state index contributed by atoms with van der Waals surface area (Å²) in [5.41, 5.74) is 0.947. The highest BCUT2D eigenvalue weighted by atomic mass is 35.7. The number of aldehydes is 1. The van der Waals surface area contributed by atoms with Gasteiger partial charge in [-0.3, -0.25) is 4.79 Å². The number of benzene rings is 2. The zero-order valence-electron chi connectivity index (χ0n) is 12.5. The van der Waals surface area contributed by atoms with Gasteiger partial charge in [0.15, 0.2) is 6.62 Å². The topological polar surface area (TPSA) is 17.1 Å². The lowest BCUT2D eigenvalue weighted by molar-refractivity contribution is -0.104. The fourth-order valence-corrected chi connectivity index (χ4v) is 7.14. The molecule has 1 aliphatic carbocycles. The summed E-state index contributed by atoms with van der Waals surface area (Å²) in [4.78, 5) is 11.1. The Morgan fingerprint density at radius 3 is 1.96 bits per heavy atom. The number of halogens is 1. The zero-order chi connectivity index (χ0) is 16.1. The molecule has 1 nitrogen and oxygen atoms in total. The Labute approximate surface area is 142 Å². The highest BCUT2D eigenvalue weighted by Crippen LogP contribution is 2.68. The Balaban J connectivity index is 2.21. The van der Waals surface area contributed by atoms with Gasteiger partial charge in [-0.2, -0.15) is 0 Å². The molecular weight excluding hydrogens is 323 g/mol. The van der Waals surface area contributed by atoms with E-state index in [4.69, 9.17) is 11.2 Å². The molecule has 2 aromatic carbocycles. The van der Waals surface area contributed by atoms with Gasteiger partial charge in [-0.25, -0.2) is 0 Å². The molecule has 0 saturated carbocycles. The molecule has 114 valence electrons. The Morgan fingerprint density at radius 2 is 1.43 bits per heavy atom. The van der Waals surface area contributed by atoms with Crippen LogP contribution in [0.1, 0.15) is 0 Å². The van der Waals surface area contributed by atoms with Gasteiger partial charge in [0.25, 0.3) is 0 Å². The molecule has 0 bridgehead atoms. The number of allylic oxidation sites excluding steroid dienone is 6. The minimum Gasteiger partial charge on any atom is -0.299 e. The molecule has 2 aromatic rings. The van der Waals surface area contributed by atoms with E-state index in [9.17, 15) is 4.79 Å². The molecule has 0 spiro atoms. The van der Waals surface area contributed by atoms with Crippen molar-refractivity contribution in [2.75, 3.05) is 0 Å². The van der Waals surface area contributed by atoms with E-state index in [0.29, 0.717) is 0 Å². The van der Waals surface area contributed by atoms with Crippen LogP contribution in [0.15, 0.2) is 96.6 Å². The first-order chi connectivity index (χ1) is 11.3. The minimum absolute atomic E-state index is 0.0100. The smallest absolute Gasteiger partial charge is 0.189 e. The predicted molar refractivity (Wildman–Crippen MR) is 101 cm³/mol. The molecular formula is C20H17ClOP+. The standard InChI is InChI=1S/C20H17ClOP/c21-23(18-10-3-1-4-11-18,19-12-5-2-6-13-19)20-14-8-7-9-17(20)15-16-22/h1-16,20H/q+1. The van der Waals surface area contributed by atoms with E-state index in [2.05, 4.69) is 30.3 Å². The second-order valence-corrected chi connectivity index (χ2v) is 9.76. The van der Waals surface area contributed by atoms with Crippen molar-refractivity contribution < 1.29 is 4.79 Å². The van der Waals surface area contributed by atoms with Crippen LogP contribution in [-0.4, -0.2) is 11.9 Å². The van der Waals surface area contributed by atoms with Crippen LogP contribution < -0.4 is 10.6 Å². The number of hydrogen-bond acceptors (Lipinski definition) is 1. The Morgan fingerprint density at radius 1 is 0.870 bits per heavy atom. The Bertz CT molecular complexity index is 723. The summed E-state index contributed by atoms with van der Waals surface area (Å²) in [6.45, 7) is -2.23. The van der Waals surface area contributed by atoms with Gasteiger partial charge in [0, 0.05) is 5.57 Å². The van der Waals surface area contributed by atoms with E-state index in [0.717, 1.165) is 22.5 Å². The van der Waals surface area contributed by atoms with Crippen molar-refractivity contribution >= 4 is 34.8 Å². The van der Waals surface area contributed by atoms with Gasteiger partial charge < -0.3 is 0 Å². The number of carbonyl (C=O) groups excluding carboxylic acids is 1. The van der Waals surface area contributed by atoms with E-state index in [1.54, 1.807) is 6.08 Å². The molecule has 1 atom stereocenters. The molecule has 3 heteroatoms. The van der Waals surface area contributed by atoms with Crippen LogP contribution in [0.4, 0.5) is 0 Å². The van der Waals surface area contributed by atoms with Gasteiger partial charge in [0.05, 0.1) is 11.2 Å². The molecule has 0 N–H and O–H groups in total. The largest absolute Gasteiger partial charge is 0.299 e. The second-order valence-electron chi connectivity index (χ2n) is 5.30. The van der Waals surface area contributed by atoms with Gasteiger partial charge in [-0.1, -0.05) is 54.6 Å². The second kappa shape index (κ2) is 7.08. The summed E-state index contributed by atoms with van der Waals surface area (Å²) in [6.07, 6.45) is 10.5. The molecule has 1 aliphatic rings. The van der Waals surface area contributed by atoms with Gasteiger partial charge >= 0.3 is 0 Å². The minimum atomic E-state index is -2.23. The van der Waals surface area contributed by atoms with Crippen LogP contribution in [0.5, 0.6) is 0 Å². The molecule has 0 fully saturated rings. The summed E-state index contributed by atoms with van der Waals surface area (Å²) >= 11 is 7.37. The van der Waals surface area contributed by atoms with Crippen molar-refractivity contribution in [3.63, 3.8) is 0 Å². The zero-order valence-corrected chi connectivity index (χ0v) is 14.2. The van der Waals surface area contributed by atoms with Crippen molar-refractivity contribution in [3.05, 3.63) is 96.6 Å². The van der Waals surface area contributed by atoms with E-state index in [1.165, 1.54) is 0 Å². The summed E-state index contributed by atoms with van der Waals surface area (Å²) < 4.78 is 0. The van der Waals surface area contributed by atoms with Crippen LogP contribution in [0.25, 0.3) is 0 Å². The number of rotatable bonds is 4. The van der Waals surface area contributed by atoms with Crippen molar-refractivity contribution in [1.82, 2.24) is 0 Å². The molecule has 0 amide bonds. The maximum atomic E-state index is 11.1. The third-order valence-electron chi connectivity index (χ3n) is 3.94. The van der Waals surface area contributed by atoms with E-state index >= 15 is 0 Å². The fourth-order valence-electron chi connectivity index (χ4n) is 2.86. The Hall–Kier alpha value is -1.95. The van der Waals surface area contributed by atoms with Gasteiger partial charge in [0.1, 0.15) is 22.6 Å². The monoisotopic (exact) mass is 339 g/mol. The van der Waals surface area contributed by atoms with E-state index < -0.39 is 6.62 Å². The first-order valence-corrected chi connectivity index (χ1v) is 10.2. The third kappa shape index (κ3) is 3.08. The van der Waals surface area contributed by atoms with Gasteiger partial charge in [-0.05, 0) is 36.4 Å². The fraction of sp³-hybridized carbons (Fsp3) is 0.0500. The molecule has 3 rings (SSSR count). The normalized spacial score (nSPS) is 19.0. The van der Waals surface area contributed by atoms with Crippen molar-refractivity contribution in [2.24, 2.45) is 0 Å². The molecule has 0 saturated heterocycles. The van der Waals surface area contributed by atoms with E-state index in [-0.39, 0.29) is 5.66 Å². The molecule has 1 unspecified atom stereocenters. The van der Waals surface area contributed by atoms with Crippen molar-refractivity contribution in [1.29, 1.82) is 0 Å². The molecule has 23 heavy (non-hydrogen) atoms. The average molecular weight is 340 g/mol. The first-order valence-electron chi connectivity index (χ1n) is 7.46. The van der Waals surface area contributed by atoms with Crippen LogP contribution >= 0.6 is 17.9 Å². The summed E-state index contributed by atoms with van der Waals surface area (Å²) in [5.74, 6) is 0. The lowest BCUT2D eigenvalue weighted by atomic mass is 10.1. The maximum absolute atomic E-state index is 11.1. The number of carbonyl (C=O) groups is 1. The molecule has 0 aromatic heterocycles. The van der Waals surface area contributed by atoms with Crippen molar-refractivity contribution in [2.45, 2.75) is 5.66 Å². The van der Waals surface area contributed by atoms with Crippen LogP contribution in [0, 0.1) is 0 Å². The first kappa shape index (κ1) is 15.9. The Kier molecular flexibility index (Phi) is 4.91. The molecule has 0 aliphatic heterocycles. The summed E-state index contributed by atoms with van der Waals surface area (Å²) in [5, 5.41) is 2.24. The third-order valence-corrected chi connectivity index (χ3v) is 9.08. The average Bonchev–Trinajstić information content (AvgIpc) is 2.63. The van der Waals surface area contributed by atoms with E-state index in [1.807, 2.05) is 54.6 Å². The van der Waals surface area contributed by atoms with Crippen LogP contribution in [-0.2, 0) is 4.79 Å². The lowest BCUT2D eigenvalue weighted by Crippen LogP contribution is -2.28. The summed E-state index contributed by atoms with van der Waals surface area (Å²) in [7, 11) is 0. The predicted octanol–water partition coefficient (Wildman–Crippen LogP) is 4.43. The van der Waals surface area contributed by atoms with Gasteiger partial charge in [0.2, 0.25) is 0 Å². The highest BCUT2D eigenvalue weighted by molar-refractivity contribution is 8.10. The number of hydrogen-bond donors (Lipinski definition) is 0. The molecule has 0 heterocycles.